The van der Waals surface area contributed by atoms with Crippen molar-refractivity contribution in [2.45, 2.75) is 39.8 Å². The van der Waals surface area contributed by atoms with Gasteiger partial charge in [0, 0.05) is 18.3 Å². The number of rotatable bonds is 4. The average Bonchev–Trinajstić information content (AvgIpc) is 1.81. The molecule has 0 radical (unpaired) electrons. The Labute approximate surface area is 69.5 Å². The minimum Gasteiger partial charge on any atom is -0.392 e. The lowest BCUT2D eigenvalue weighted by Crippen LogP contribution is -2.34. The van der Waals surface area contributed by atoms with Crippen LogP contribution in [0.2, 0.25) is 0 Å². The monoisotopic (exact) mass is 157 g/mol. The highest BCUT2D eigenvalue weighted by Crippen LogP contribution is 2.07. The Kier molecular flexibility index (Phi) is 4.19. The van der Waals surface area contributed by atoms with E-state index in [1.54, 1.807) is 6.92 Å². The van der Waals surface area contributed by atoms with Crippen LogP contribution in [-0.2, 0) is 0 Å². The van der Waals surface area contributed by atoms with Crippen LogP contribution in [0.4, 0.5) is 0 Å². The molecule has 0 aliphatic carbocycles. The molecule has 0 bridgehead atoms. The van der Waals surface area contributed by atoms with Crippen molar-refractivity contribution in [1.29, 1.82) is 0 Å². The van der Waals surface area contributed by atoms with Gasteiger partial charge in [-0.1, -0.05) is 6.58 Å². The van der Waals surface area contributed by atoms with E-state index < -0.39 is 0 Å². The number of allylic oxidation sites excluding steroid dienone is 1. The van der Waals surface area contributed by atoms with Crippen LogP contribution in [-0.4, -0.2) is 28.7 Å². The summed E-state index contributed by atoms with van der Waals surface area (Å²) in [4.78, 5) is 2.09. The molecule has 0 amide bonds. The van der Waals surface area contributed by atoms with E-state index in [9.17, 15) is 0 Å². The summed E-state index contributed by atoms with van der Waals surface area (Å²) in [7, 11) is 0. The minimum absolute atomic E-state index is 0.283. The second-order valence-electron chi connectivity index (χ2n) is 3.33. The zero-order valence-electron chi connectivity index (χ0n) is 7.96. The van der Waals surface area contributed by atoms with Crippen molar-refractivity contribution >= 4 is 0 Å². The van der Waals surface area contributed by atoms with Crippen LogP contribution in [0.3, 0.4) is 0 Å². The summed E-state index contributed by atoms with van der Waals surface area (Å²) < 4.78 is 0. The van der Waals surface area contributed by atoms with Crippen LogP contribution >= 0.6 is 0 Å². The molecule has 1 atom stereocenters. The van der Waals surface area contributed by atoms with E-state index in [0.29, 0.717) is 12.6 Å². The Bertz CT molecular complexity index is 130. The fourth-order valence-corrected chi connectivity index (χ4v) is 1.09. The fraction of sp³-hybridized carbons (Fsp3) is 0.778. The highest BCUT2D eigenvalue weighted by atomic mass is 16.3. The van der Waals surface area contributed by atoms with Gasteiger partial charge in [0.25, 0.3) is 0 Å². The van der Waals surface area contributed by atoms with Gasteiger partial charge in [-0.25, -0.2) is 0 Å². The first-order chi connectivity index (χ1) is 4.95. The Morgan fingerprint density at radius 3 is 2.00 bits per heavy atom. The van der Waals surface area contributed by atoms with Gasteiger partial charge in [-0.05, 0) is 27.7 Å². The topological polar surface area (TPSA) is 23.5 Å². The van der Waals surface area contributed by atoms with Crippen LogP contribution in [0.25, 0.3) is 0 Å². The molecule has 1 unspecified atom stereocenters. The molecular weight excluding hydrogens is 138 g/mol. The SMILES string of the molecule is C=C(C)N(CC(C)O)C(C)C. The zero-order valence-corrected chi connectivity index (χ0v) is 7.96. The largest absolute Gasteiger partial charge is 0.392 e. The second-order valence-corrected chi connectivity index (χ2v) is 3.33. The maximum Gasteiger partial charge on any atom is 0.0687 e. The zero-order chi connectivity index (χ0) is 9.02. The quantitative estimate of drug-likeness (QED) is 0.670. The molecule has 1 N–H and O–H groups in total. The molecule has 66 valence electrons. The normalized spacial score (nSPS) is 13.3. The number of nitrogens with zero attached hydrogens (tertiary/aromatic N) is 1. The van der Waals surface area contributed by atoms with Crippen molar-refractivity contribution < 1.29 is 5.11 Å². The Morgan fingerprint density at radius 1 is 1.45 bits per heavy atom. The van der Waals surface area contributed by atoms with Gasteiger partial charge < -0.3 is 10.0 Å². The van der Waals surface area contributed by atoms with Crippen LogP contribution in [0, 0.1) is 0 Å². The molecule has 0 aliphatic heterocycles. The molecule has 11 heavy (non-hydrogen) atoms. The molecule has 0 fully saturated rings. The van der Waals surface area contributed by atoms with Crippen LogP contribution in [0.15, 0.2) is 12.3 Å². The molecular formula is C9H19NO. The minimum atomic E-state index is -0.283. The van der Waals surface area contributed by atoms with Crippen LogP contribution in [0.5, 0.6) is 0 Å². The van der Waals surface area contributed by atoms with Crippen molar-refractivity contribution in [3.63, 3.8) is 0 Å². The molecule has 0 rings (SSSR count). The van der Waals surface area contributed by atoms with Crippen molar-refractivity contribution in [2.24, 2.45) is 0 Å². The maximum atomic E-state index is 9.14. The summed E-state index contributed by atoms with van der Waals surface area (Å²) in [5.74, 6) is 0. The Balaban J connectivity index is 4.01. The summed E-state index contributed by atoms with van der Waals surface area (Å²) >= 11 is 0. The van der Waals surface area contributed by atoms with Gasteiger partial charge in [0.05, 0.1) is 6.10 Å². The van der Waals surface area contributed by atoms with E-state index in [-0.39, 0.29) is 6.10 Å². The van der Waals surface area contributed by atoms with E-state index in [0.717, 1.165) is 5.70 Å². The lowest BCUT2D eigenvalue weighted by Gasteiger charge is -2.30. The third kappa shape index (κ3) is 4.04. The highest BCUT2D eigenvalue weighted by molar-refractivity contribution is 4.91. The predicted octanol–water partition coefficient (Wildman–Crippen LogP) is 1.61. The molecule has 0 aromatic rings. The predicted molar refractivity (Wildman–Crippen MR) is 48.3 cm³/mol. The summed E-state index contributed by atoms with van der Waals surface area (Å²) in [6.45, 7) is 12.5. The first-order valence-corrected chi connectivity index (χ1v) is 4.05. The lowest BCUT2D eigenvalue weighted by atomic mass is 10.2. The maximum absolute atomic E-state index is 9.14. The van der Waals surface area contributed by atoms with E-state index >= 15 is 0 Å². The van der Waals surface area contributed by atoms with Crippen molar-refractivity contribution in [2.75, 3.05) is 6.54 Å². The van der Waals surface area contributed by atoms with E-state index in [4.69, 9.17) is 5.11 Å². The van der Waals surface area contributed by atoms with Crippen molar-refractivity contribution in [3.05, 3.63) is 12.3 Å². The summed E-state index contributed by atoms with van der Waals surface area (Å²) in [5, 5.41) is 9.14. The van der Waals surface area contributed by atoms with E-state index in [1.165, 1.54) is 0 Å². The smallest absolute Gasteiger partial charge is 0.0687 e. The third-order valence-electron chi connectivity index (χ3n) is 1.57. The molecule has 2 nitrogen and oxygen atoms in total. The van der Waals surface area contributed by atoms with Crippen molar-refractivity contribution in [3.8, 4) is 0 Å². The Hall–Kier alpha value is -0.500. The number of hydrogen-bond donors (Lipinski definition) is 1. The summed E-state index contributed by atoms with van der Waals surface area (Å²) in [6.07, 6.45) is -0.283. The fourth-order valence-electron chi connectivity index (χ4n) is 1.09. The van der Waals surface area contributed by atoms with Crippen molar-refractivity contribution in [1.82, 2.24) is 4.90 Å². The number of aliphatic hydroxyl groups excluding tert-OH is 1. The van der Waals surface area contributed by atoms with Gasteiger partial charge in [-0.2, -0.15) is 0 Å². The number of hydrogen-bond acceptors (Lipinski definition) is 2. The van der Waals surface area contributed by atoms with Gasteiger partial charge in [-0.3, -0.25) is 0 Å². The van der Waals surface area contributed by atoms with Gasteiger partial charge in [0.2, 0.25) is 0 Å². The molecule has 0 saturated heterocycles. The van der Waals surface area contributed by atoms with E-state index in [2.05, 4.69) is 25.3 Å². The lowest BCUT2D eigenvalue weighted by molar-refractivity contribution is 0.130. The first kappa shape index (κ1) is 10.5. The molecule has 0 aromatic carbocycles. The average molecular weight is 157 g/mol. The summed E-state index contributed by atoms with van der Waals surface area (Å²) in [5.41, 5.74) is 1.01. The van der Waals surface area contributed by atoms with Gasteiger partial charge in [0.15, 0.2) is 0 Å². The van der Waals surface area contributed by atoms with E-state index in [1.807, 2.05) is 6.92 Å². The van der Waals surface area contributed by atoms with Gasteiger partial charge in [-0.15, -0.1) is 0 Å². The molecule has 0 spiro atoms. The van der Waals surface area contributed by atoms with Gasteiger partial charge >= 0.3 is 0 Å². The number of aliphatic hydroxyl groups is 1. The molecule has 0 saturated carbocycles. The highest BCUT2D eigenvalue weighted by Gasteiger charge is 2.10. The molecule has 0 heterocycles. The summed E-state index contributed by atoms with van der Waals surface area (Å²) in [6, 6.07) is 0.419. The van der Waals surface area contributed by atoms with Crippen LogP contribution in [0.1, 0.15) is 27.7 Å². The molecule has 2 heteroatoms. The van der Waals surface area contributed by atoms with Gasteiger partial charge in [0.1, 0.15) is 0 Å². The second kappa shape index (κ2) is 4.39. The standard InChI is InChI=1S/C9H19NO/c1-7(2)10(8(3)4)6-9(5)11/h8-9,11H,1,6H2,2-5H3. The molecule has 0 aromatic heterocycles. The third-order valence-corrected chi connectivity index (χ3v) is 1.57. The first-order valence-electron chi connectivity index (χ1n) is 4.05. The Morgan fingerprint density at radius 2 is 1.91 bits per heavy atom. The van der Waals surface area contributed by atoms with Crippen LogP contribution < -0.4 is 0 Å². The molecule has 0 aliphatic rings.